The van der Waals surface area contributed by atoms with Crippen molar-refractivity contribution >= 4 is 16.5 Å². The fraction of sp³-hybridized carbons (Fsp3) is 0.211. The van der Waals surface area contributed by atoms with Gasteiger partial charge in [-0.2, -0.15) is 8.78 Å². The van der Waals surface area contributed by atoms with Crippen molar-refractivity contribution in [3.05, 3.63) is 70.7 Å². The third-order valence-electron chi connectivity index (χ3n) is 4.00. The average Bonchev–Trinajstić information content (AvgIpc) is 3.07. The van der Waals surface area contributed by atoms with Gasteiger partial charge in [-0.25, -0.2) is 4.98 Å². The van der Waals surface area contributed by atoms with Gasteiger partial charge in [0.1, 0.15) is 11.5 Å². The Balaban J connectivity index is 1.85. The van der Waals surface area contributed by atoms with Gasteiger partial charge in [0, 0.05) is 11.3 Å². The quantitative estimate of drug-likeness (QED) is 0.649. The number of nitrogens with zero attached hydrogens (tertiary/aromatic N) is 1. The lowest BCUT2D eigenvalue weighted by Crippen LogP contribution is -2.06. The molecule has 0 radical (unpaired) electrons. The van der Waals surface area contributed by atoms with Gasteiger partial charge in [0.05, 0.1) is 12.8 Å². The molecule has 1 heterocycles. The van der Waals surface area contributed by atoms with Crippen LogP contribution in [0.5, 0.6) is 11.5 Å². The second-order valence-corrected chi connectivity index (χ2v) is 6.55. The van der Waals surface area contributed by atoms with Gasteiger partial charge in [-0.15, -0.1) is 11.3 Å². The van der Waals surface area contributed by atoms with E-state index in [-0.39, 0.29) is 11.7 Å². The second kappa shape index (κ2) is 8.14. The standard InChI is InChI=1S/C19H18F2N2O2S/c1-24-14-8-4-13(5-9-14)16(17-11-26-19(22)23-17)10-12-2-6-15(7-3-12)25-18(20)21/h2-9,11,16,18H,10H2,1H3,(H2,22,23). The molecule has 0 saturated carbocycles. The van der Waals surface area contributed by atoms with Crippen molar-refractivity contribution < 1.29 is 18.3 Å². The number of ether oxygens (including phenoxy) is 2. The number of hydrogen-bond acceptors (Lipinski definition) is 5. The summed E-state index contributed by atoms with van der Waals surface area (Å²) in [5.74, 6) is 0.915. The Kier molecular flexibility index (Phi) is 5.68. The van der Waals surface area contributed by atoms with E-state index in [9.17, 15) is 8.78 Å². The molecule has 0 aliphatic carbocycles. The number of halogens is 2. The molecule has 1 atom stereocenters. The Bertz CT molecular complexity index is 836. The SMILES string of the molecule is COc1ccc(C(Cc2ccc(OC(F)F)cc2)c2csc(N)n2)cc1. The van der Waals surface area contributed by atoms with Crippen LogP contribution in [0.3, 0.4) is 0 Å². The summed E-state index contributed by atoms with van der Waals surface area (Å²) in [6, 6.07) is 14.4. The number of hydrogen-bond donors (Lipinski definition) is 1. The first-order valence-electron chi connectivity index (χ1n) is 7.93. The number of thiazole rings is 1. The Morgan fingerprint density at radius 3 is 2.23 bits per heavy atom. The fourth-order valence-electron chi connectivity index (χ4n) is 2.73. The van der Waals surface area contributed by atoms with Crippen molar-refractivity contribution in [2.45, 2.75) is 19.0 Å². The molecule has 0 amide bonds. The van der Waals surface area contributed by atoms with Crippen molar-refractivity contribution in [2.24, 2.45) is 0 Å². The third kappa shape index (κ3) is 4.49. The van der Waals surface area contributed by atoms with Crippen molar-refractivity contribution in [3.8, 4) is 11.5 Å². The molecule has 4 nitrogen and oxygen atoms in total. The summed E-state index contributed by atoms with van der Waals surface area (Å²) in [4.78, 5) is 4.42. The summed E-state index contributed by atoms with van der Waals surface area (Å²) in [5.41, 5.74) is 8.74. The van der Waals surface area contributed by atoms with Crippen LogP contribution in [0.2, 0.25) is 0 Å². The van der Waals surface area contributed by atoms with E-state index in [1.165, 1.54) is 11.3 Å². The van der Waals surface area contributed by atoms with Crippen LogP contribution in [0.15, 0.2) is 53.9 Å². The first-order valence-corrected chi connectivity index (χ1v) is 8.81. The maximum Gasteiger partial charge on any atom is 0.387 e. The molecule has 2 aromatic carbocycles. The third-order valence-corrected chi connectivity index (χ3v) is 4.70. The normalized spacial score (nSPS) is 12.2. The number of methoxy groups -OCH3 is 1. The van der Waals surface area contributed by atoms with Crippen LogP contribution in [0.25, 0.3) is 0 Å². The van der Waals surface area contributed by atoms with Crippen molar-refractivity contribution in [1.29, 1.82) is 0 Å². The zero-order chi connectivity index (χ0) is 18.5. The Morgan fingerprint density at radius 2 is 1.69 bits per heavy atom. The summed E-state index contributed by atoms with van der Waals surface area (Å²) in [6.07, 6.45) is 0.657. The number of benzene rings is 2. The molecule has 0 bridgehead atoms. The van der Waals surface area contributed by atoms with E-state index in [0.717, 1.165) is 22.6 Å². The van der Waals surface area contributed by atoms with Crippen LogP contribution >= 0.6 is 11.3 Å². The van der Waals surface area contributed by atoms with Gasteiger partial charge in [0.25, 0.3) is 0 Å². The number of rotatable bonds is 7. The highest BCUT2D eigenvalue weighted by atomic mass is 32.1. The summed E-state index contributed by atoms with van der Waals surface area (Å²) >= 11 is 1.39. The molecule has 0 spiro atoms. The molecular formula is C19H18F2N2O2S. The van der Waals surface area contributed by atoms with Gasteiger partial charge in [0.2, 0.25) is 0 Å². The highest BCUT2D eigenvalue weighted by Gasteiger charge is 2.18. The van der Waals surface area contributed by atoms with Gasteiger partial charge in [-0.3, -0.25) is 0 Å². The lowest BCUT2D eigenvalue weighted by Gasteiger charge is -2.16. The van der Waals surface area contributed by atoms with E-state index in [0.29, 0.717) is 11.6 Å². The van der Waals surface area contributed by atoms with Gasteiger partial charge < -0.3 is 15.2 Å². The zero-order valence-corrected chi connectivity index (χ0v) is 14.9. The Labute approximate surface area is 154 Å². The lowest BCUT2D eigenvalue weighted by atomic mass is 9.89. The molecule has 0 aliphatic heterocycles. The molecule has 1 aromatic heterocycles. The number of nitrogens with two attached hydrogens (primary N) is 1. The zero-order valence-electron chi connectivity index (χ0n) is 14.1. The van der Waals surface area contributed by atoms with Crippen molar-refractivity contribution in [2.75, 3.05) is 12.8 Å². The minimum atomic E-state index is -2.83. The highest BCUT2D eigenvalue weighted by molar-refractivity contribution is 7.13. The van der Waals surface area contributed by atoms with E-state index < -0.39 is 6.61 Å². The smallest absolute Gasteiger partial charge is 0.387 e. The topological polar surface area (TPSA) is 57.4 Å². The van der Waals surface area contributed by atoms with Gasteiger partial charge >= 0.3 is 6.61 Å². The first-order chi connectivity index (χ1) is 12.5. The van der Waals surface area contributed by atoms with Crippen LogP contribution in [-0.4, -0.2) is 18.7 Å². The van der Waals surface area contributed by atoms with E-state index in [2.05, 4.69) is 9.72 Å². The summed E-state index contributed by atoms with van der Waals surface area (Å²) < 4.78 is 34.2. The monoisotopic (exact) mass is 376 g/mol. The van der Waals surface area contributed by atoms with E-state index in [1.54, 1.807) is 31.4 Å². The van der Waals surface area contributed by atoms with E-state index in [1.807, 2.05) is 29.6 Å². The number of anilines is 1. The first kappa shape index (κ1) is 18.1. The van der Waals surface area contributed by atoms with E-state index in [4.69, 9.17) is 10.5 Å². The number of alkyl halides is 2. The minimum Gasteiger partial charge on any atom is -0.497 e. The molecule has 2 N–H and O–H groups in total. The Hall–Kier alpha value is -2.67. The Morgan fingerprint density at radius 1 is 1.04 bits per heavy atom. The number of nitrogen functional groups attached to an aromatic ring is 1. The molecule has 3 rings (SSSR count). The van der Waals surface area contributed by atoms with E-state index >= 15 is 0 Å². The second-order valence-electron chi connectivity index (χ2n) is 5.66. The molecule has 0 fully saturated rings. The van der Waals surface area contributed by atoms with Crippen molar-refractivity contribution in [3.63, 3.8) is 0 Å². The van der Waals surface area contributed by atoms with Gasteiger partial charge in [-0.05, 0) is 41.8 Å². The maximum absolute atomic E-state index is 12.3. The van der Waals surface area contributed by atoms with Crippen LogP contribution in [-0.2, 0) is 6.42 Å². The maximum atomic E-state index is 12.3. The summed E-state index contributed by atoms with van der Waals surface area (Å²) in [6.45, 7) is -2.83. The van der Waals surface area contributed by atoms with Crippen LogP contribution in [0.4, 0.5) is 13.9 Å². The minimum absolute atomic E-state index is 0.00340. The average molecular weight is 376 g/mol. The lowest BCUT2D eigenvalue weighted by molar-refractivity contribution is -0.0498. The largest absolute Gasteiger partial charge is 0.497 e. The number of aromatic nitrogens is 1. The van der Waals surface area contributed by atoms with Crippen molar-refractivity contribution in [1.82, 2.24) is 4.98 Å². The molecule has 1 unspecified atom stereocenters. The molecular weight excluding hydrogens is 358 g/mol. The molecule has 26 heavy (non-hydrogen) atoms. The molecule has 7 heteroatoms. The van der Waals surface area contributed by atoms with Crippen LogP contribution in [0, 0.1) is 0 Å². The van der Waals surface area contributed by atoms with Crippen LogP contribution in [0.1, 0.15) is 22.7 Å². The highest BCUT2D eigenvalue weighted by Crippen LogP contribution is 2.31. The molecule has 3 aromatic rings. The molecule has 136 valence electrons. The predicted molar refractivity (Wildman–Crippen MR) is 98.1 cm³/mol. The van der Waals surface area contributed by atoms with Gasteiger partial charge in [-0.1, -0.05) is 24.3 Å². The van der Waals surface area contributed by atoms with Crippen LogP contribution < -0.4 is 15.2 Å². The van der Waals surface area contributed by atoms with Gasteiger partial charge in [0.15, 0.2) is 5.13 Å². The fourth-order valence-corrected chi connectivity index (χ4v) is 3.35. The summed E-state index contributed by atoms with van der Waals surface area (Å²) in [5, 5.41) is 2.46. The summed E-state index contributed by atoms with van der Waals surface area (Å²) in [7, 11) is 1.62. The molecule has 0 aliphatic rings. The predicted octanol–water partition coefficient (Wildman–Crippen LogP) is 4.71. The molecule has 0 saturated heterocycles.